The second-order valence-electron chi connectivity index (χ2n) is 5.09. The highest BCUT2D eigenvalue weighted by Gasteiger charge is 2.29. The predicted octanol–water partition coefficient (Wildman–Crippen LogP) is 1.92. The van der Waals surface area contributed by atoms with Gasteiger partial charge in [-0.1, -0.05) is 12.1 Å². The molecule has 0 N–H and O–H groups in total. The zero-order valence-corrected chi connectivity index (χ0v) is 11.8. The number of benzene rings is 1. The third-order valence-electron chi connectivity index (χ3n) is 3.68. The lowest BCUT2D eigenvalue weighted by Gasteiger charge is -2.31. The largest absolute Gasteiger partial charge is 0.469 e. The van der Waals surface area contributed by atoms with E-state index in [0.29, 0.717) is 19.4 Å². The summed E-state index contributed by atoms with van der Waals surface area (Å²) in [5.74, 6) is -2.96. The molecular formula is C15H17F2NO3. The van der Waals surface area contributed by atoms with Crippen molar-refractivity contribution in [2.75, 3.05) is 20.2 Å². The smallest absolute Gasteiger partial charge is 0.310 e. The molecule has 0 aromatic heterocycles. The number of hydrogen-bond donors (Lipinski definition) is 0. The van der Waals surface area contributed by atoms with Gasteiger partial charge in [-0.3, -0.25) is 9.59 Å². The molecule has 1 aliphatic rings. The number of esters is 1. The van der Waals surface area contributed by atoms with Crippen LogP contribution >= 0.6 is 0 Å². The number of carbonyl (C=O) groups is 2. The second kappa shape index (κ2) is 6.65. The number of hydrogen-bond acceptors (Lipinski definition) is 3. The van der Waals surface area contributed by atoms with Crippen molar-refractivity contribution in [3.63, 3.8) is 0 Å². The van der Waals surface area contributed by atoms with Gasteiger partial charge >= 0.3 is 5.97 Å². The maximum Gasteiger partial charge on any atom is 0.310 e. The van der Waals surface area contributed by atoms with Gasteiger partial charge in [0.15, 0.2) is 11.6 Å². The quantitative estimate of drug-likeness (QED) is 0.801. The minimum Gasteiger partial charge on any atom is -0.469 e. The number of nitrogens with zero attached hydrogens (tertiary/aromatic N) is 1. The van der Waals surface area contributed by atoms with Crippen LogP contribution in [0.15, 0.2) is 18.2 Å². The highest BCUT2D eigenvalue weighted by molar-refractivity contribution is 5.80. The summed E-state index contributed by atoms with van der Waals surface area (Å²) in [7, 11) is 1.31. The molecule has 1 aromatic carbocycles. The van der Waals surface area contributed by atoms with Gasteiger partial charge in [-0.2, -0.15) is 0 Å². The van der Waals surface area contributed by atoms with Crippen LogP contribution in [0.2, 0.25) is 0 Å². The highest BCUT2D eigenvalue weighted by atomic mass is 19.2. The van der Waals surface area contributed by atoms with Crippen molar-refractivity contribution < 1.29 is 23.1 Å². The van der Waals surface area contributed by atoms with E-state index in [-0.39, 0.29) is 36.3 Å². The monoisotopic (exact) mass is 297 g/mol. The van der Waals surface area contributed by atoms with E-state index in [1.807, 2.05) is 0 Å². The minimum atomic E-state index is -0.993. The summed E-state index contributed by atoms with van der Waals surface area (Å²) in [5, 5.41) is 0. The molecule has 1 aromatic rings. The molecule has 1 atom stereocenters. The van der Waals surface area contributed by atoms with Gasteiger partial charge in [-0.25, -0.2) is 8.78 Å². The fourth-order valence-electron chi connectivity index (χ4n) is 2.52. The van der Waals surface area contributed by atoms with E-state index in [4.69, 9.17) is 0 Å². The van der Waals surface area contributed by atoms with Crippen LogP contribution in [0.5, 0.6) is 0 Å². The first-order valence-electron chi connectivity index (χ1n) is 6.81. The van der Waals surface area contributed by atoms with Crippen molar-refractivity contribution in [1.82, 2.24) is 4.90 Å². The van der Waals surface area contributed by atoms with Gasteiger partial charge < -0.3 is 9.64 Å². The van der Waals surface area contributed by atoms with Crippen LogP contribution in [0.25, 0.3) is 0 Å². The molecule has 0 bridgehead atoms. The van der Waals surface area contributed by atoms with Crippen LogP contribution < -0.4 is 0 Å². The fourth-order valence-corrected chi connectivity index (χ4v) is 2.52. The van der Waals surface area contributed by atoms with E-state index < -0.39 is 11.6 Å². The normalized spacial score (nSPS) is 18.4. The van der Waals surface area contributed by atoms with Gasteiger partial charge in [-0.15, -0.1) is 0 Å². The van der Waals surface area contributed by atoms with E-state index in [1.54, 1.807) is 0 Å². The summed E-state index contributed by atoms with van der Waals surface area (Å²) in [5.41, 5.74) is 0.0280. The third kappa shape index (κ3) is 3.56. The first-order chi connectivity index (χ1) is 10.0. The Morgan fingerprint density at radius 2 is 2.14 bits per heavy atom. The number of amides is 1. The molecule has 1 unspecified atom stereocenters. The van der Waals surface area contributed by atoms with Crippen LogP contribution in [0.1, 0.15) is 18.4 Å². The lowest BCUT2D eigenvalue weighted by Crippen LogP contribution is -2.43. The van der Waals surface area contributed by atoms with Gasteiger partial charge in [0.2, 0.25) is 5.91 Å². The number of halogens is 2. The van der Waals surface area contributed by atoms with Gasteiger partial charge in [0.05, 0.1) is 19.4 Å². The molecule has 1 heterocycles. The molecule has 6 heteroatoms. The van der Waals surface area contributed by atoms with Crippen molar-refractivity contribution >= 4 is 11.9 Å². The van der Waals surface area contributed by atoms with Crippen molar-refractivity contribution in [3.05, 3.63) is 35.4 Å². The van der Waals surface area contributed by atoms with E-state index in [0.717, 1.165) is 6.07 Å². The Labute approximate surface area is 121 Å². The van der Waals surface area contributed by atoms with E-state index >= 15 is 0 Å². The average Bonchev–Trinajstić information content (AvgIpc) is 2.51. The molecule has 2 rings (SSSR count). The number of piperidine rings is 1. The SMILES string of the molecule is COC(=O)C1CCCN(C(=O)Cc2cccc(F)c2F)C1. The topological polar surface area (TPSA) is 46.6 Å². The van der Waals surface area contributed by atoms with Crippen molar-refractivity contribution in [1.29, 1.82) is 0 Å². The Bertz CT molecular complexity index is 548. The average molecular weight is 297 g/mol. The third-order valence-corrected chi connectivity index (χ3v) is 3.68. The van der Waals surface area contributed by atoms with E-state index in [2.05, 4.69) is 4.74 Å². The summed E-state index contributed by atoms with van der Waals surface area (Å²) >= 11 is 0. The molecule has 1 aliphatic heterocycles. The lowest BCUT2D eigenvalue weighted by atomic mass is 9.97. The molecule has 0 spiro atoms. The summed E-state index contributed by atoms with van der Waals surface area (Å²) in [6.45, 7) is 0.783. The first-order valence-corrected chi connectivity index (χ1v) is 6.81. The van der Waals surface area contributed by atoms with Gasteiger partial charge in [0.25, 0.3) is 0 Å². The summed E-state index contributed by atoms with van der Waals surface area (Å²) < 4.78 is 31.4. The molecule has 0 saturated carbocycles. The molecule has 21 heavy (non-hydrogen) atoms. The van der Waals surface area contributed by atoms with Crippen LogP contribution in [0, 0.1) is 17.6 Å². The molecule has 1 fully saturated rings. The van der Waals surface area contributed by atoms with Crippen LogP contribution in [-0.2, 0) is 20.7 Å². The number of likely N-dealkylation sites (tertiary alicyclic amines) is 1. The summed E-state index contributed by atoms with van der Waals surface area (Å²) in [6.07, 6.45) is 1.15. The van der Waals surface area contributed by atoms with Crippen LogP contribution in [-0.4, -0.2) is 37.0 Å². The minimum absolute atomic E-state index is 0.0280. The number of carbonyl (C=O) groups excluding carboxylic acids is 2. The standard InChI is InChI=1S/C15H17F2NO3/c1-21-15(20)11-5-3-7-18(9-11)13(19)8-10-4-2-6-12(16)14(10)17/h2,4,6,11H,3,5,7-9H2,1H3. The Balaban J connectivity index is 2.03. The second-order valence-corrected chi connectivity index (χ2v) is 5.09. The fraction of sp³-hybridized carbons (Fsp3) is 0.467. The predicted molar refractivity (Wildman–Crippen MR) is 71.4 cm³/mol. The molecule has 4 nitrogen and oxygen atoms in total. The van der Waals surface area contributed by atoms with E-state index in [1.165, 1.54) is 24.1 Å². The maximum absolute atomic E-state index is 13.6. The molecule has 114 valence electrons. The lowest BCUT2D eigenvalue weighted by molar-refractivity contribution is -0.148. The van der Waals surface area contributed by atoms with Crippen molar-refractivity contribution in [3.8, 4) is 0 Å². The zero-order chi connectivity index (χ0) is 15.4. The Hall–Kier alpha value is -1.98. The molecule has 0 aliphatic carbocycles. The molecule has 0 radical (unpaired) electrons. The van der Waals surface area contributed by atoms with Crippen LogP contribution in [0.4, 0.5) is 8.78 Å². The van der Waals surface area contributed by atoms with Gasteiger partial charge in [0.1, 0.15) is 0 Å². The zero-order valence-electron chi connectivity index (χ0n) is 11.8. The summed E-state index contributed by atoms with van der Waals surface area (Å²) in [6, 6.07) is 3.77. The molecule has 1 saturated heterocycles. The first kappa shape index (κ1) is 15.4. The highest BCUT2D eigenvalue weighted by Crippen LogP contribution is 2.19. The Morgan fingerprint density at radius 3 is 2.86 bits per heavy atom. The molecule has 1 amide bonds. The van der Waals surface area contributed by atoms with Gasteiger partial charge in [0, 0.05) is 18.7 Å². The van der Waals surface area contributed by atoms with Crippen molar-refractivity contribution in [2.24, 2.45) is 5.92 Å². The Kier molecular flexibility index (Phi) is 4.88. The number of rotatable bonds is 3. The van der Waals surface area contributed by atoms with Crippen LogP contribution in [0.3, 0.4) is 0 Å². The van der Waals surface area contributed by atoms with Gasteiger partial charge in [-0.05, 0) is 18.9 Å². The van der Waals surface area contributed by atoms with E-state index in [9.17, 15) is 18.4 Å². The number of ether oxygens (including phenoxy) is 1. The Morgan fingerprint density at radius 1 is 1.38 bits per heavy atom. The number of methoxy groups -OCH3 is 1. The maximum atomic E-state index is 13.6. The summed E-state index contributed by atoms with van der Waals surface area (Å²) in [4.78, 5) is 25.2. The molecular weight excluding hydrogens is 280 g/mol. The van der Waals surface area contributed by atoms with Crippen molar-refractivity contribution in [2.45, 2.75) is 19.3 Å².